The number of rotatable bonds is 8. The highest BCUT2D eigenvalue weighted by Gasteiger charge is 2.30. The van der Waals surface area contributed by atoms with Crippen molar-refractivity contribution in [2.24, 2.45) is 10.7 Å². The Morgan fingerprint density at radius 1 is 1.07 bits per heavy atom. The van der Waals surface area contributed by atoms with Gasteiger partial charge in [-0.2, -0.15) is 22.0 Å². The van der Waals surface area contributed by atoms with Crippen molar-refractivity contribution in [1.29, 1.82) is 0 Å². The van der Waals surface area contributed by atoms with Gasteiger partial charge in [0, 0.05) is 30.5 Å². The van der Waals surface area contributed by atoms with Gasteiger partial charge in [0.25, 0.3) is 0 Å². The number of halogens is 6. The van der Waals surface area contributed by atoms with Crippen molar-refractivity contribution in [3.05, 3.63) is 83.4 Å². The monoisotopic (exact) mass is 625 g/mol. The predicted octanol–water partition coefficient (Wildman–Crippen LogP) is 7.75. The summed E-state index contributed by atoms with van der Waals surface area (Å²) in [5.74, 6) is 0.0896. The van der Waals surface area contributed by atoms with Crippen LogP contribution in [0.3, 0.4) is 0 Å². The Bertz CT molecular complexity index is 1800. The molecule has 14 heteroatoms. The highest BCUT2D eigenvalue weighted by Crippen LogP contribution is 2.41. The van der Waals surface area contributed by atoms with Gasteiger partial charge in [-0.1, -0.05) is 29.8 Å². The molecule has 0 saturated carbocycles. The number of nitrogens with zero attached hydrogens (tertiary/aromatic N) is 2. The quantitative estimate of drug-likeness (QED) is 0.158. The lowest BCUT2D eigenvalue weighted by Crippen LogP contribution is -2.19. The number of alkyl halides is 5. The molecule has 0 atom stereocenters. The highest BCUT2D eigenvalue weighted by molar-refractivity contribution is 7.90. The van der Waals surface area contributed by atoms with E-state index in [0.717, 1.165) is 12.5 Å². The second-order valence-corrected chi connectivity index (χ2v) is 11.3. The molecule has 1 aromatic heterocycles. The summed E-state index contributed by atoms with van der Waals surface area (Å²) in [5.41, 5.74) is 5.76. The van der Waals surface area contributed by atoms with E-state index in [4.69, 9.17) is 21.8 Å². The SMILES string of the molecule is Cc1nc(-c2cc(-c3cccc(S(C)(=O)=O)c3)ccc2N=CC=C(N)C(F)(F)F)c(-c2ccc(OC(F)F)c(Cl)c2)o1. The molecule has 4 aromatic rings. The average molecular weight is 626 g/mol. The van der Waals surface area contributed by atoms with E-state index in [1.54, 1.807) is 31.2 Å². The van der Waals surface area contributed by atoms with Crippen molar-refractivity contribution in [3.63, 3.8) is 0 Å². The molecule has 0 aliphatic heterocycles. The maximum atomic E-state index is 12.9. The molecule has 0 bridgehead atoms. The van der Waals surface area contributed by atoms with Gasteiger partial charge in [-0.05, 0) is 59.7 Å². The Morgan fingerprint density at radius 2 is 1.76 bits per heavy atom. The standard InChI is InChI=1S/C28H21ClF5N3O4S/c1-15-37-25(26(40-15)18-7-9-23(21(29)14-18)41-27(30)31)20-13-17(16-4-3-5-19(12-16)42(2,38)39)6-8-22(20)36-11-10-24(35)28(32,33)34/h3-14,27H,35H2,1-2H3. The first kappa shape index (κ1) is 30.7. The fraction of sp³-hybridized carbons (Fsp3) is 0.143. The maximum absolute atomic E-state index is 12.9. The number of aryl methyl sites for hydroxylation is 1. The summed E-state index contributed by atoms with van der Waals surface area (Å²) >= 11 is 6.15. The lowest BCUT2D eigenvalue weighted by molar-refractivity contribution is -0.0925. The van der Waals surface area contributed by atoms with E-state index in [2.05, 4.69) is 14.7 Å². The number of ether oxygens (including phenoxy) is 1. The minimum Gasteiger partial charge on any atom is -0.440 e. The van der Waals surface area contributed by atoms with Gasteiger partial charge in [0.15, 0.2) is 21.5 Å². The Labute approximate surface area is 242 Å². The van der Waals surface area contributed by atoms with Crippen LogP contribution in [0.2, 0.25) is 5.02 Å². The van der Waals surface area contributed by atoms with E-state index in [1.807, 2.05) is 0 Å². The third kappa shape index (κ3) is 7.15. The summed E-state index contributed by atoms with van der Waals surface area (Å²) in [6.45, 7) is -1.54. The van der Waals surface area contributed by atoms with Crippen molar-refractivity contribution >= 4 is 33.3 Å². The summed E-state index contributed by atoms with van der Waals surface area (Å²) in [6, 6.07) is 14.9. The molecule has 0 unspecified atom stereocenters. The normalized spacial score (nSPS) is 12.8. The van der Waals surface area contributed by atoms with Crippen molar-refractivity contribution in [1.82, 2.24) is 4.98 Å². The lowest BCUT2D eigenvalue weighted by atomic mass is 9.98. The summed E-state index contributed by atoms with van der Waals surface area (Å²) in [7, 11) is -3.52. The lowest BCUT2D eigenvalue weighted by Gasteiger charge is -2.11. The summed E-state index contributed by atoms with van der Waals surface area (Å²) in [6.07, 6.45) is -2.20. The Balaban J connectivity index is 1.90. The molecule has 0 saturated heterocycles. The first-order valence-corrected chi connectivity index (χ1v) is 14.1. The maximum Gasteiger partial charge on any atom is 0.430 e. The van der Waals surface area contributed by atoms with E-state index in [1.165, 1.54) is 36.4 Å². The van der Waals surface area contributed by atoms with Crippen LogP contribution in [0.1, 0.15) is 5.89 Å². The molecule has 3 aromatic carbocycles. The molecule has 0 aliphatic rings. The molecule has 0 spiro atoms. The number of aliphatic imine (C=N–C) groups is 1. The summed E-state index contributed by atoms with van der Waals surface area (Å²) < 4.78 is 98.5. The zero-order valence-corrected chi connectivity index (χ0v) is 23.4. The van der Waals surface area contributed by atoms with Crippen molar-refractivity contribution in [3.8, 4) is 39.5 Å². The number of sulfone groups is 1. The molecule has 7 nitrogen and oxygen atoms in total. The first-order valence-electron chi connectivity index (χ1n) is 11.9. The minimum absolute atomic E-state index is 0.0788. The molecule has 0 fully saturated rings. The smallest absolute Gasteiger partial charge is 0.430 e. The van der Waals surface area contributed by atoms with Crippen LogP contribution in [0.4, 0.5) is 27.6 Å². The van der Waals surface area contributed by atoms with Crippen molar-refractivity contribution < 1.29 is 39.5 Å². The molecular weight excluding hydrogens is 605 g/mol. The third-order valence-electron chi connectivity index (χ3n) is 5.79. The molecule has 0 radical (unpaired) electrons. The zero-order valence-electron chi connectivity index (χ0n) is 21.8. The number of benzene rings is 3. The van der Waals surface area contributed by atoms with E-state index >= 15 is 0 Å². The number of allylic oxidation sites excluding steroid dienone is 2. The van der Waals surface area contributed by atoms with E-state index in [0.29, 0.717) is 28.3 Å². The van der Waals surface area contributed by atoms with Crippen LogP contribution in [0, 0.1) is 6.92 Å². The Kier molecular flexibility index (Phi) is 8.73. The molecule has 4 rings (SSSR count). The van der Waals surface area contributed by atoms with E-state index < -0.39 is 28.3 Å². The fourth-order valence-corrected chi connectivity index (χ4v) is 4.75. The molecule has 42 heavy (non-hydrogen) atoms. The number of oxazole rings is 1. The van der Waals surface area contributed by atoms with Gasteiger partial charge in [-0.15, -0.1) is 0 Å². The second kappa shape index (κ2) is 11.9. The molecule has 220 valence electrons. The summed E-state index contributed by atoms with van der Waals surface area (Å²) in [4.78, 5) is 8.67. The van der Waals surface area contributed by atoms with Gasteiger partial charge >= 0.3 is 12.8 Å². The first-order chi connectivity index (χ1) is 19.6. The van der Waals surface area contributed by atoms with E-state index in [9.17, 15) is 30.4 Å². The predicted molar refractivity (Wildman–Crippen MR) is 149 cm³/mol. The number of hydrogen-bond donors (Lipinski definition) is 1. The molecular formula is C28H21ClF5N3O4S. The number of hydrogen-bond acceptors (Lipinski definition) is 7. The van der Waals surface area contributed by atoms with Crippen LogP contribution < -0.4 is 10.5 Å². The van der Waals surface area contributed by atoms with Crippen LogP contribution in [0.5, 0.6) is 5.75 Å². The van der Waals surface area contributed by atoms with Gasteiger partial charge in [0.05, 0.1) is 15.6 Å². The van der Waals surface area contributed by atoms with Gasteiger partial charge < -0.3 is 14.9 Å². The molecule has 0 aliphatic carbocycles. The second-order valence-electron chi connectivity index (χ2n) is 8.86. The average Bonchev–Trinajstić information content (AvgIpc) is 3.30. The number of nitrogens with two attached hydrogens (primary N) is 1. The Morgan fingerprint density at radius 3 is 2.40 bits per heavy atom. The van der Waals surface area contributed by atoms with Gasteiger partial charge in [0.2, 0.25) is 0 Å². The van der Waals surface area contributed by atoms with Crippen LogP contribution >= 0.6 is 11.6 Å². The molecule has 0 amide bonds. The van der Waals surface area contributed by atoms with Crippen molar-refractivity contribution in [2.75, 3.05) is 6.26 Å². The number of aromatic nitrogens is 1. The van der Waals surface area contributed by atoms with Gasteiger partial charge in [-0.25, -0.2) is 13.4 Å². The Hall–Kier alpha value is -4.23. The molecule has 2 N–H and O–H groups in total. The van der Waals surface area contributed by atoms with E-state index in [-0.39, 0.29) is 38.7 Å². The largest absolute Gasteiger partial charge is 0.440 e. The summed E-state index contributed by atoms with van der Waals surface area (Å²) in [5, 5.41) is -0.134. The fourth-order valence-electron chi connectivity index (χ4n) is 3.86. The van der Waals surface area contributed by atoms with Crippen LogP contribution in [0.15, 0.2) is 86.7 Å². The van der Waals surface area contributed by atoms with Crippen molar-refractivity contribution in [2.45, 2.75) is 24.6 Å². The highest BCUT2D eigenvalue weighted by atomic mass is 35.5. The van der Waals surface area contributed by atoms with Gasteiger partial charge in [-0.3, -0.25) is 4.99 Å². The van der Waals surface area contributed by atoms with Crippen LogP contribution in [-0.4, -0.2) is 38.7 Å². The van der Waals surface area contributed by atoms with Crippen LogP contribution in [0.25, 0.3) is 33.7 Å². The molecule has 1 heterocycles. The third-order valence-corrected chi connectivity index (χ3v) is 7.19. The van der Waals surface area contributed by atoms with Gasteiger partial charge in [0.1, 0.15) is 17.1 Å². The minimum atomic E-state index is -4.75. The topological polar surface area (TPSA) is 108 Å². The van der Waals surface area contributed by atoms with Crippen LogP contribution in [-0.2, 0) is 9.84 Å². The zero-order chi connectivity index (χ0) is 30.8.